The summed E-state index contributed by atoms with van der Waals surface area (Å²) in [6.45, 7) is 4.34. The normalized spacial score (nSPS) is 20.4. The third-order valence-electron chi connectivity index (χ3n) is 7.12. The number of anilines is 1. The Labute approximate surface area is 194 Å². The van der Waals surface area contributed by atoms with Crippen molar-refractivity contribution < 1.29 is 4.74 Å². The Bertz CT molecular complexity index is 1240. The van der Waals surface area contributed by atoms with Crippen LogP contribution in [0.5, 0.6) is 5.75 Å². The van der Waals surface area contributed by atoms with Gasteiger partial charge in [-0.2, -0.15) is 0 Å². The van der Waals surface area contributed by atoms with Gasteiger partial charge in [0.25, 0.3) is 0 Å². The van der Waals surface area contributed by atoms with E-state index >= 15 is 0 Å². The lowest BCUT2D eigenvalue weighted by Gasteiger charge is -2.42. The van der Waals surface area contributed by atoms with Gasteiger partial charge in [0.1, 0.15) is 30.1 Å². The molecule has 1 aliphatic carbocycles. The van der Waals surface area contributed by atoms with Crippen LogP contribution < -0.4 is 10.5 Å². The summed E-state index contributed by atoms with van der Waals surface area (Å²) in [5.74, 6) is 2.18. The van der Waals surface area contributed by atoms with E-state index in [1.807, 2.05) is 30.3 Å². The van der Waals surface area contributed by atoms with Gasteiger partial charge in [-0.3, -0.25) is 0 Å². The zero-order valence-electron chi connectivity index (χ0n) is 18.7. The lowest BCUT2D eigenvalue weighted by atomic mass is 9.79. The molecule has 2 aliphatic rings. The number of hydrogen-bond acceptors (Lipinski definition) is 5. The molecular formula is C27H29N5O. The maximum absolute atomic E-state index is 6.33. The molecule has 0 unspecified atom stereocenters. The summed E-state index contributed by atoms with van der Waals surface area (Å²) < 4.78 is 8.29. The van der Waals surface area contributed by atoms with Gasteiger partial charge in [-0.25, -0.2) is 9.97 Å². The monoisotopic (exact) mass is 439 g/mol. The van der Waals surface area contributed by atoms with Crippen molar-refractivity contribution in [3.8, 4) is 16.9 Å². The second-order valence-electron chi connectivity index (χ2n) is 9.35. The standard InChI is InChI=1S/C27H29N5O/c28-26-25-24(21-7-9-23(10-8-21)33-17-19-5-2-1-3-6-19)16-32(27(25)30-18-29-26)22-13-20(14-22)15-31-11-4-12-31/h1-3,5-10,16,18,20,22H,4,11-15,17H2,(H2,28,29,30). The molecule has 2 aromatic heterocycles. The summed E-state index contributed by atoms with van der Waals surface area (Å²) in [5.41, 5.74) is 10.6. The van der Waals surface area contributed by atoms with Gasteiger partial charge in [-0.1, -0.05) is 42.5 Å². The number of nitrogens with zero attached hydrogens (tertiary/aromatic N) is 4. The Morgan fingerprint density at radius 3 is 2.48 bits per heavy atom. The molecule has 0 spiro atoms. The highest BCUT2D eigenvalue weighted by Crippen LogP contribution is 2.43. The summed E-state index contributed by atoms with van der Waals surface area (Å²) in [6, 6.07) is 18.9. The van der Waals surface area contributed by atoms with Gasteiger partial charge < -0.3 is 19.9 Å². The number of nitrogens with two attached hydrogens (primary N) is 1. The quantitative estimate of drug-likeness (QED) is 0.443. The molecule has 6 rings (SSSR count). The molecule has 3 heterocycles. The van der Waals surface area contributed by atoms with Gasteiger partial charge in [0.15, 0.2) is 0 Å². The van der Waals surface area contributed by atoms with E-state index in [-0.39, 0.29) is 0 Å². The fourth-order valence-corrected chi connectivity index (χ4v) is 5.08. The first-order valence-corrected chi connectivity index (χ1v) is 11.8. The molecule has 4 aromatic rings. The molecule has 2 N–H and O–H groups in total. The summed E-state index contributed by atoms with van der Waals surface area (Å²) in [6.07, 6.45) is 7.56. The molecule has 1 saturated heterocycles. The fourth-order valence-electron chi connectivity index (χ4n) is 5.08. The largest absolute Gasteiger partial charge is 0.489 e. The van der Waals surface area contributed by atoms with Gasteiger partial charge in [0.05, 0.1) is 5.39 Å². The van der Waals surface area contributed by atoms with E-state index in [0.717, 1.165) is 39.4 Å². The predicted octanol–water partition coefficient (Wildman–Crippen LogP) is 4.92. The highest BCUT2D eigenvalue weighted by atomic mass is 16.5. The van der Waals surface area contributed by atoms with Gasteiger partial charge in [-0.05, 0) is 61.5 Å². The average molecular weight is 440 g/mol. The average Bonchev–Trinajstić information content (AvgIpc) is 3.17. The number of fused-ring (bicyclic) bond motifs is 1. The van der Waals surface area contributed by atoms with Gasteiger partial charge in [-0.15, -0.1) is 0 Å². The molecule has 6 heteroatoms. The number of benzene rings is 2. The Morgan fingerprint density at radius 1 is 0.970 bits per heavy atom. The number of aromatic nitrogens is 3. The molecule has 1 aliphatic heterocycles. The number of ether oxygens (including phenoxy) is 1. The zero-order chi connectivity index (χ0) is 22.2. The molecule has 0 amide bonds. The number of rotatable bonds is 7. The van der Waals surface area contributed by atoms with E-state index in [2.05, 4.69) is 49.9 Å². The van der Waals surface area contributed by atoms with Crippen LogP contribution in [0.4, 0.5) is 5.82 Å². The van der Waals surface area contributed by atoms with Crippen molar-refractivity contribution in [1.82, 2.24) is 19.4 Å². The topological polar surface area (TPSA) is 69.2 Å². The molecule has 1 saturated carbocycles. The molecule has 0 bridgehead atoms. The Balaban J connectivity index is 1.23. The third kappa shape index (κ3) is 3.95. The van der Waals surface area contributed by atoms with Crippen LogP contribution in [0, 0.1) is 5.92 Å². The molecule has 168 valence electrons. The Hall–Kier alpha value is -3.38. The van der Waals surface area contributed by atoms with Crippen LogP contribution in [0.1, 0.15) is 30.9 Å². The molecule has 2 fully saturated rings. The first kappa shape index (κ1) is 20.2. The Morgan fingerprint density at radius 2 is 1.76 bits per heavy atom. The van der Waals surface area contributed by atoms with Gasteiger partial charge in [0.2, 0.25) is 0 Å². The molecule has 2 aromatic carbocycles. The third-order valence-corrected chi connectivity index (χ3v) is 7.12. The molecule has 0 radical (unpaired) electrons. The van der Waals surface area contributed by atoms with Crippen molar-refractivity contribution in [3.05, 3.63) is 72.7 Å². The minimum Gasteiger partial charge on any atom is -0.489 e. The molecule has 33 heavy (non-hydrogen) atoms. The van der Waals surface area contributed by atoms with Crippen molar-refractivity contribution in [2.24, 2.45) is 5.92 Å². The lowest BCUT2D eigenvalue weighted by Crippen LogP contribution is -2.43. The van der Waals surface area contributed by atoms with E-state index in [0.29, 0.717) is 18.5 Å². The van der Waals surface area contributed by atoms with Crippen LogP contribution in [0.25, 0.3) is 22.2 Å². The number of hydrogen-bond donors (Lipinski definition) is 1. The number of nitrogen functional groups attached to an aromatic ring is 1. The summed E-state index contributed by atoms with van der Waals surface area (Å²) in [4.78, 5) is 11.5. The number of likely N-dealkylation sites (tertiary alicyclic amines) is 1. The summed E-state index contributed by atoms with van der Waals surface area (Å²) >= 11 is 0. The second-order valence-corrected chi connectivity index (χ2v) is 9.35. The van der Waals surface area contributed by atoms with Gasteiger partial charge in [0, 0.05) is 24.3 Å². The predicted molar refractivity (Wildman–Crippen MR) is 131 cm³/mol. The Kier molecular flexibility index (Phi) is 5.23. The fraction of sp³-hybridized carbons (Fsp3) is 0.333. The van der Waals surface area contributed by atoms with E-state index in [1.165, 1.54) is 38.9 Å². The summed E-state index contributed by atoms with van der Waals surface area (Å²) in [5, 5.41) is 0.946. The molecule has 6 nitrogen and oxygen atoms in total. The second kappa shape index (κ2) is 8.52. The minimum atomic E-state index is 0.482. The van der Waals surface area contributed by atoms with E-state index < -0.39 is 0 Å². The van der Waals surface area contributed by atoms with Crippen LogP contribution in [0.2, 0.25) is 0 Å². The van der Waals surface area contributed by atoms with Crippen LogP contribution >= 0.6 is 0 Å². The zero-order valence-corrected chi connectivity index (χ0v) is 18.7. The SMILES string of the molecule is Nc1ncnc2c1c(-c1ccc(OCc3ccccc3)cc1)cn2C1CC(CN2CCC2)C1. The first-order valence-electron chi connectivity index (χ1n) is 11.8. The lowest BCUT2D eigenvalue weighted by molar-refractivity contribution is 0.0921. The highest BCUT2D eigenvalue weighted by molar-refractivity contribution is 6.00. The molecular weight excluding hydrogens is 410 g/mol. The van der Waals surface area contributed by atoms with Crippen molar-refractivity contribution in [2.75, 3.05) is 25.4 Å². The maximum atomic E-state index is 6.33. The maximum Gasteiger partial charge on any atom is 0.146 e. The van der Waals surface area contributed by atoms with Crippen molar-refractivity contribution >= 4 is 16.9 Å². The van der Waals surface area contributed by atoms with E-state index in [9.17, 15) is 0 Å². The van der Waals surface area contributed by atoms with Gasteiger partial charge >= 0.3 is 0 Å². The van der Waals surface area contributed by atoms with Crippen LogP contribution in [0.15, 0.2) is 67.1 Å². The smallest absolute Gasteiger partial charge is 0.146 e. The first-order chi connectivity index (χ1) is 16.2. The minimum absolute atomic E-state index is 0.482. The van der Waals surface area contributed by atoms with E-state index in [1.54, 1.807) is 6.33 Å². The summed E-state index contributed by atoms with van der Waals surface area (Å²) in [7, 11) is 0. The van der Waals surface area contributed by atoms with Crippen molar-refractivity contribution in [2.45, 2.75) is 31.9 Å². The highest BCUT2D eigenvalue weighted by Gasteiger charge is 2.34. The van der Waals surface area contributed by atoms with Crippen molar-refractivity contribution in [1.29, 1.82) is 0 Å². The molecule has 0 atom stereocenters. The van der Waals surface area contributed by atoms with Crippen LogP contribution in [-0.2, 0) is 6.61 Å². The van der Waals surface area contributed by atoms with E-state index in [4.69, 9.17) is 10.5 Å². The van der Waals surface area contributed by atoms with Crippen LogP contribution in [0.3, 0.4) is 0 Å². The van der Waals surface area contributed by atoms with Crippen LogP contribution in [-0.4, -0.2) is 39.1 Å². The van der Waals surface area contributed by atoms with Crippen molar-refractivity contribution in [3.63, 3.8) is 0 Å².